The van der Waals surface area contributed by atoms with E-state index in [0.29, 0.717) is 4.77 Å². The van der Waals surface area contributed by atoms with Gasteiger partial charge in [-0.3, -0.25) is 5.10 Å². The predicted octanol–water partition coefficient (Wildman–Crippen LogP) is 2.86. The van der Waals surface area contributed by atoms with Crippen LogP contribution in [-0.4, -0.2) is 14.8 Å². The van der Waals surface area contributed by atoms with Crippen molar-refractivity contribution in [2.24, 2.45) is 0 Å². The Labute approximate surface area is 100 Å². The molecular weight excluding hydrogens is 218 g/mol. The van der Waals surface area contributed by atoms with E-state index >= 15 is 0 Å². The SMILES string of the molecule is CCn1c(Cc2cccc(C)c2)n[nH]c1=S. The zero-order valence-corrected chi connectivity index (χ0v) is 10.3. The van der Waals surface area contributed by atoms with E-state index < -0.39 is 0 Å². The third-order valence-corrected chi connectivity index (χ3v) is 2.91. The van der Waals surface area contributed by atoms with E-state index in [2.05, 4.69) is 48.3 Å². The second-order valence-electron chi connectivity index (χ2n) is 3.86. The minimum absolute atomic E-state index is 0.699. The molecule has 0 atom stereocenters. The molecule has 0 fully saturated rings. The summed E-state index contributed by atoms with van der Waals surface area (Å²) in [5.74, 6) is 0.998. The fraction of sp³-hybridized carbons (Fsp3) is 0.333. The van der Waals surface area contributed by atoms with Crippen molar-refractivity contribution in [2.45, 2.75) is 26.8 Å². The van der Waals surface area contributed by atoms with E-state index in [1.807, 2.05) is 4.57 Å². The predicted molar refractivity (Wildman–Crippen MR) is 67.1 cm³/mol. The molecule has 2 rings (SSSR count). The van der Waals surface area contributed by atoms with E-state index in [0.717, 1.165) is 18.8 Å². The maximum Gasteiger partial charge on any atom is 0.195 e. The summed E-state index contributed by atoms with van der Waals surface area (Å²) in [7, 11) is 0. The van der Waals surface area contributed by atoms with Crippen LogP contribution < -0.4 is 0 Å². The van der Waals surface area contributed by atoms with Crippen molar-refractivity contribution < 1.29 is 0 Å². The monoisotopic (exact) mass is 233 g/mol. The molecule has 0 spiro atoms. The summed E-state index contributed by atoms with van der Waals surface area (Å²) in [6, 6.07) is 8.46. The van der Waals surface area contributed by atoms with E-state index in [1.165, 1.54) is 11.1 Å². The van der Waals surface area contributed by atoms with Crippen molar-refractivity contribution in [3.05, 3.63) is 46.0 Å². The standard InChI is InChI=1S/C12H15N3S/c1-3-15-11(13-14-12(15)16)8-10-6-4-5-9(2)7-10/h4-7H,3,8H2,1-2H3,(H,14,16). The number of benzene rings is 1. The van der Waals surface area contributed by atoms with Crippen molar-refractivity contribution >= 4 is 12.2 Å². The van der Waals surface area contributed by atoms with Crippen LogP contribution in [0.1, 0.15) is 23.9 Å². The van der Waals surface area contributed by atoms with Gasteiger partial charge in [0, 0.05) is 13.0 Å². The summed E-state index contributed by atoms with van der Waals surface area (Å²) in [6.07, 6.45) is 0.822. The molecule has 1 aromatic heterocycles. The average molecular weight is 233 g/mol. The fourth-order valence-corrected chi connectivity index (χ4v) is 2.10. The van der Waals surface area contributed by atoms with Gasteiger partial charge in [-0.2, -0.15) is 5.10 Å². The van der Waals surface area contributed by atoms with Gasteiger partial charge in [0.15, 0.2) is 4.77 Å². The second kappa shape index (κ2) is 4.61. The molecule has 3 nitrogen and oxygen atoms in total. The summed E-state index contributed by atoms with van der Waals surface area (Å²) in [5.41, 5.74) is 2.54. The number of aromatic nitrogens is 3. The normalized spacial score (nSPS) is 10.6. The van der Waals surface area contributed by atoms with Gasteiger partial charge in [0.05, 0.1) is 0 Å². The number of nitrogens with zero attached hydrogens (tertiary/aromatic N) is 2. The lowest BCUT2D eigenvalue weighted by atomic mass is 10.1. The number of H-pyrrole nitrogens is 1. The van der Waals surface area contributed by atoms with Gasteiger partial charge in [-0.1, -0.05) is 29.8 Å². The number of nitrogens with one attached hydrogen (secondary N) is 1. The quantitative estimate of drug-likeness (QED) is 0.827. The van der Waals surface area contributed by atoms with Gasteiger partial charge < -0.3 is 4.57 Å². The molecule has 1 heterocycles. The number of aromatic amines is 1. The Balaban J connectivity index is 2.30. The fourth-order valence-electron chi connectivity index (χ4n) is 1.82. The van der Waals surface area contributed by atoms with Crippen LogP contribution in [0.4, 0.5) is 0 Å². The Bertz CT molecular complexity index is 539. The first-order valence-corrected chi connectivity index (χ1v) is 5.81. The number of rotatable bonds is 3. The highest BCUT2D eigenvalue weighted by Gasteiger charge is 2.05. The van der Waals surface area contributed by atoms with E-state index in [-0.39, 0.29) is 0 Å². The molecule has 0 amide bonds. The highest BCUT2D eigenvalue weighted by Crippen LogP contribution is 2.09. The first-order valence-electron chi connectivity index (χ1n) is 5.40. The van der Waals surface area contributed by atoms with E-state index in [9.17, 15) is 0 Å². The van der Waals surface area contributed by atoms with Crippen LogP contribution in [0, 0.1) is 11.7 Å². The molecule has 1 N–H and O–H groups in total. The van der Waals surface area contributed by atoms with Crippen LogP contribution in [0.25, 0.3) is 0 Å². The third kappa shape index (κ3) is 2.22. The van der Waals surface area contributed by atoms with Crippen molar-refractivity contribution in [3.8, 4) is 0 Å². The lowest BCUT2D eigenvalue weighted by Crippen LogP contribution is -2.02. The van der Waals surface area contributed by atoms with Gasteiger partial charge >= 0.3 is 0 Å². The molecule has 0 saturated heterocycles. The van der Waals surface area contributed by atoms with Crippen molar-refractivity contribution in [3.63, 3.8) is 0 Å². The van der Waals surface area contributed by atoms with Gasteiger partial charge in [-0.05, 0) is 31.6 Å². The zero-order valence-electron chi connectivity index (χ0n) is 9.53. The van der Waals surface area contributed by atoms with Gasteiger partial charge in [-0.25, -0.2) is 0 Å². The van der Waals surface area contributed by atoms with Gasteiger partial charge in [0.25, 0.3) is 0 Å². The molecule has 16 heavy (non-hydrogen) atoms. The van der Waals surface area contributed by atoms with Crippen LogP contribution in [0.15, 0.2) is 24.3 Å². The van der Waals surface area contributed by atoms with Gasteiger partial charge in [0.1, 0.15) is 5.82 Å². The maximum absolute atomic E-state index is 5.16. The highest BCUT2D eigenvalue weighted by atomic mass is 32.1. The molecule has 2 aromatic rings. The topological polar surface area (TPSA) is 33.6 Å². The largest absolute Gasteiger partial charge is 0.304 e. The first-order chi connectivity index (χ1) is 7.70. The molecular formula is C12H15N3S. The number of aryl methyl sites for hydroxylation is 1. The molecule has 84 valence electrons. The zero-order chi connectivity index (χ0) is 11.5. The van der Waals surface area contributed by atoms with Crippen LogP contribution >= 0.6 is 12.2 Å². The Kier molecular flexibility index (Phi) is 3.19. The molecule has 0 radical (unpaired) electrons. The van der Waals surface area contributed by atoms with Crippen LogP contribution in [0.2, 0.25) is 0 Å². The van der Waals surface area contributed by atoms with Crippen molar-refractivity contribution in [1.82, 2.24) is 14.8 Å². The maximum atomic E-state index is 5.16. The van der Waals surface area contributed by atoms with E-state index in [4.69, 9.17) is 12.2 Å². The minimum atomic E-state index is 0.699. The lowest BCUT2D eigenvalue weighted by molar-refractivity contribution is 0.704. The summed E-state index contributed by atoms with van der Waals surface area (Å²) < 4.78 is 2.72. The minimum Gasteiger partial charge on any atom is -0.304 e. The lowest BCUT2D eigenvalue weighted by Gasteiger charge is -2.04. The Morgan fingerprint density at radius 1 is 1.44 bits per heavy atom. The molecule has 0 bridgehead atoms. The van der Waals surface area contributed by atoms with Gasteiger partial charge in [-0.15, -0.1) is 0 Å². The Morgan fingerprint density at radius 2 is 2.25 bits per heavy atom. The average Bonchev–Trinajstić information content (AvgIpc) is 2.59. The van der Waals surface area contributed by atoms with Crippen LogP contribution in [-0.2, 0) is 13.0 Å². The summed E-state index contributed by atoms with van der Waals surface area (Å²) >= 11 is 5.16. The molecule has 0 aliphatic carbocycles. The van der Waals surface area contributed by atoms with Crippen LogP contribution in [0.5, 0.6) is 0 Å². The van der Waals surface area contributed by atoms with Crippen molar-refractivity contribution in [1.29, 1.82) is 0 Å². The first kappa shape index (κ1) is 11.1. The third-order valence-electron chi connectivity index (χ3n) is 2.60. The van der Waals surface area contributed by atoms with Crippen LogP contribution in [0.3, 0.4) is 0 Å². The number of hydrogen-bond acceptors (Lipinski definition) is 2. The highest BCUT2D eigenvalue weighted by molar-refractivity contribution is 7.71. The van der Waals surface area contributed by atoms with E-state index in [1.54, 1.807) is 0 Å². The summed E-state index contributed by atoms with van der Waals surface area (Å²) in [4.78, 5) is 0. The Hall–Kier alpha value is -1.42. The smallest absolute Gasteiger partial charge is 0.195 e. The molecule has 0 unspecified atom stereocenters. The number of hydrogen-bond donors (Lipinski definition) is 1. The van der Waals surface area contributed by atoms with Gasteiger partial charge in [0.2, 0.25) is 0 Å². The molecule has 0 saturated carbocycles. The summed E-state index contributed by atoms with van der Waals surface area (Å²) in [6.45, 7) is 5.03. The second-order valence-corrected chi connectivity index (χ2v) is 4.24. The molecule has 0 aliphatic rings. The molecule has 4 heteroatoms. The van der Waals surface area contributed by atoms with Crippen molar-refractivity contribution in [2.75, 3.05) is 0 Å². The summed E-state index contributed by atoms with van der Waals surface area (Å²) in [5, 5.41) is 7.10. The molecule has 1 aromatic carbocycles. The Morgan fingerprint density at radius 3 is 2.94 bits per heavy atom. The molecule has 0 aliphatic heterocycles.